The molecule has 152 valence electrons. The van der Waals surface area contributed by atoms with E-state index in [4.69, 9.17) is 0 Å². The second-order valence-corrected chi connectivity index (χ2v) is 7.94. The van der Waals surface area contributed by atoms with Gasteiger partial charge in [0.1, 0.15) is 12.4 Å². The smallest absolute Gasteiger partial charge is 0.306 e. The Labute approximate surface area is 173 Å². The van der Waals surface area contributed by atoms with Gasteiger partial charge in [-0.15, -0.1) is 11.3 Å². The quantitative estimate of drug-likeness (QED) is 0.409. The van der Waals surface area contributed by atoms with Gasteiger partial charge in [0.25, 0.3) is 0 Å². The van der Waals surface area contributed by atoms with Crippen molar-refractivity contribution in [2.75, 3.05) is 0 Å². The van der Waals surface area contributed by atoms with Crippen LogP contribution in [0, 0.1) is 10.1 Å². The predicted molar refractivity (Wildman–Crippen MR) is 113 cm³/mol. The summed E-state index contributed by atoms with van der Waals surface area (Å²) in [6.07, 6.45) is 3.78. The number of nitrogens with zero attached hydrogens (tertiary/aromatic N) is 3. The molecule has 1 amide bonds. The van der Waals surface area contributed by atoms with Crippen molar-refractivity contribution in [3.05, 3.63) is 80.3 Å². The van der Waals surface area contributed by atoms with Crippen LogP contribution in [0.15, 0.2) is 54.2 Å². The second-order valence-electron chi connectivity index (χ2n) is 6.96. The number of hydrogen-bond acceptors (Lipinski definition) is 5. The third-order valence-corrected chi connectivity index (χ3v) is 5.92. The fourth-order valence-electron chi connectivity index (χ4n) is 3.05. The maximum Gasteiger partial charge on any atom is 0.306 e. The highest BCUT2D eigenvalue weighted by Crippen LogP contribution is 2.28. The van der Waals surface area contributed by atoms with Gasteiger partial charge in [-0.2, -0.15) is 5.10 Å². The SMILES string of the molecule is CCC(C)c1ccc(C(NC(=O)CCn2cc([N+](=O)[O-])cn2)c2cccs2)cc1. The number of carbonyl (C=O) groups excluding carboxylic acids is 1. The molecule has 0 fully saturated rings. The van der Waals surface area contributed by atoms with E-state index in [1.165, 1.54) is 22.6 Å². The van der Waals surface area contributed by atoms with E-state index in [2.05, 4.69) is 48.5 Å². The first kappa shape index (κ1) is 20.7. The summed E-state index contributed by atoms with van der Waals surface area (Å²) < 4.78 is 1.42. The Morgan fingerprint density at radius 2 is 2.00 bits per heavy atom. The molecule has 2 unspecified atom stereocenters. The Hall–Kier alpha value is -3.00. The van der Waals surface area contributed by atoms with Gasteiger partial charge in [0.05, 0.1) is 11.0 Å². The van der Waals surface area contributed by atoms with E-state index in [9.17, 15) is 14.9 Å². The molecule has 0 aliphatic heterocycles. The zero-order valence-electron chi connectivity index (χ0n) is 16.4. The number of carbonyl (C=O) groups is 1. The summed E-state index contributed by atoms with van der Waals surface area (Å²) >= 11 is 1.60. The molecule has 0 aliphatic carbocycles. The van der Waals surface area contributed by atoms with Crippen LogP contribution in [0.1, 0.15) is 54.7 Å². The number of benzene rings is 1. The summed E-state index contributed by atoms with van der Waals surface area (Å²) in [6.45, 7) is 4.65. The molecule has 7 nitrogen and oxygen atoms in total. The normalized spacial score (nSPS) is 13.0. The molecule has 29 heavy (non-hydrogen) atoms. The van der Waals surface area contributed by atoms with Crippen LogP contribution in [0.3, 0.4) is 0 Å². The number of hydrogen-bond donors (Lipinski definition) is 1. The summed E-state index contributed by atoms with van der Waals surface area (Å²) in [4.78, 5) is 23.9. The van der Waals surface area contributed by atoms with Gasteiger partial charge in [-0.3, -0.25) is 19.6 Å². The predicted octanol–water partition coefficient (Wildman–Crippen LogP) is 4.66. The number of thiophene rings is 1. The van der Waals surface area contributed by atoms with Crippen LogP contribution in [-0.2, 0) is 11.3 Å². The van der Waals surface area contributed by atoms with Crippen molar-refractivity contribution >= 4 is 22.9 Å². The zero-order chi connectivity index (χ0) is 20.8. The highest BCUT2D eigenvalue weighted by Gasteiger charge is 2.19. The zero-order valence-corrected chi connectivity index (χ0v) is 17.3. The van der Waals surface area contributed by atoms with Crippen LogP contribution in [0.25, 0.3) is 0 Å². The molecular formula is C21H24N4O3S. The molecule has 1 N–H and O–H groups in total. The molecule has 0 saturated carbocycles. The maximum absolute atomic E-state index is 12.6. The van der Waals surface area contributed by atoms with Crippen molar-refractivity contribution < 1.29 is 9.72 Å². The van der Waals surface area contributed by atoms with Gasteiger partial charge in [0.15, 0.2) is 0 Å². The first-order valence-electron chi connectivity index (χ1n) is 9.57. The topological polar surface area (TPSA) is 90.1 Å². The Bertz CT molecular complexity index is 951. The van der Waals surface area contributed by atoms with Crippen LogP contribution in [-0.4, -0.2) is 20.6 Å². The Morgan fingerprint density at radius 1 is 1.28 bits per heavy atom. The lowest BCUT2D eigenvalue weighted by Crippen LogP contribution is -2.29. The van der Waals surface area contributed by atoms with Gasteiger partial charge in [-0.25, -0.2) is 0 Å². The minimum Gasteiger partial charge on any atom is -0.344 e. The molecule has 0 aliphatic rings. The summed E-state index contributed by atoms with van der Waals surface area (Å²) in [5.41, 5.74) is 2.23. The lowest BCUT2D eigenvalue weighted by atomic mass is 9.95. The summed E-state index contributed by atoms with van der Waals surface area (Å²) in [6, 6.07) is 12.1. The van der Waals surface area contributed by atoms with Crippen molar-refractivity contribution in [1.82, 2.24) is 15.1 Å². The second kappa shape index (κ2) is 9.47. The van der Waals surface area contributed by atoms with E-state index in [0.717, 1.165) is 16.9 Å². The Balaban J connectivity index is 1.69. The third-order valence-electron chi connectivity index (χ3n) is 4.98. The van der Waals surface area contributed by atoms with Crippen molar-refractivity contribution in [2.45, 2.75) is 45.2 Å². The maximum atomic E-state index is 12.6. The minimum absolute atomic E-state index is 0.0803. The van der Waals surface area contributed by atoms with Gasteiger partial charge in [0, 0.05) is 17.8 Å². The number of nitrogens with one attached hydrogen (secondary N) is 1. The van der Waals surface area contributed by atoms with Crippen LogP contribution >= 0.6 is 11.3 Å². The molecule has 0 saturated heterocycles. The van der Waals surface area contributed by atoms with Gasteiger partial charge < -0.3 is 5.32 Å². The molecular weight excluding hydrogens is 388 g/mol. The van der Waals surface area contributed by atoms with Crippen LogP contribution in [0.4, 0.5) is 5.69 Å². The number of amides is 1. The molecule has 2 heterocycles. The third kappa shape index (κ3) is 5.29. The number of nitro groups is 1. The van der Waals surface area contributed by atoms with Gasteiger partial charge in [-0.05, 0) is 34.9 Å². The van der Waals surface area contributed by atoms with E-state index in [-0.39, 0.29) is 30.6 Å². The molecule has 8 heteroatoms. The van der Waals surface area contributed by atoms with E-state index in [1.807, 2.05) is 17.5 Å². The lowest BCUT2D eigenvalue weighted by Gasteiger charge is -2.19. The van der Waals surface area contributed by atoms with Gasteiger partial charge >= 0.3 is 5.69 Å². The van der Waals surface area contributed by atoms with Crippen LogP contribution in [0.2, 0.25) is 0 Å². The Morgan fingerprint density at radius 3 is 2.59 bits per heavy atom. The van der Waals surface area contributed by atoms with Gasteiger partial charge in [0.2, 0.25) is 5.91 Å². The highest BCUT2D eigenvalue weighted by atomic mass is 32.1. The standard InChI is InChI=1S/C21H24N4O3S/c1-3-15(2)16-6-8-17(9-7-16)21(19-5-4-12-29-19)23-20(26)10-11-24-14-18(13-22-24)25(27)28/h4-9,12-15,21H,3,10-11H2,1-2H3,(H,23,26). The summed E-state index contributed by atoms with van der Waals surface area (Å²) in [5, 5.41) is 19.8. The van der Waals surface area contributed by atoms with E-state index in [1.54, 1.807) is 11.3 Å². The fraction of sp³-hybridized carbons (Fsp3) is 0.333. The van der Waals surface area contributed by atoms with Crippen molar-refractivity contribution in [3.63, 3.8) is 0 Å². The summed E-state index contributed by atoms with van der Waals surface area (Å²) in [5.74, 6) is 0.365. The van der Waals surface area contributed by atoms with Gasteiger partial charge in [-0.1, -0.05) is 44.2 Å². The largest absolute Gasteiger partial charge is 0.344 e. The van der Waals surface area contributed by atoms with Crippen LogP contribution < -0.4 is 5.32 Å². The number of rotatable bonds is 9. The summed E-state index contributed by atoms with van der Waals surface area (Å²) in [7, 11) is 0. The molecule has 2 atom stereocenters. The monoisotopic (exact) mass is 412 g/mol. The Kier molecular flexibility index (Phi) is 6.77. The molecule has 1 aromatic carbocycles. The van der Waals surface area contributed by atoms with Crippen molar-refractivity contribution in [1.29, 1.82) is 0 Å². The number of aromatic nitrogens is 2. The highest BCUT2D eigenvalue weighted by molar-refractivity contribution is 7.10. The molecule has 3 aromatic rings. The van der Waals surface area contributed by atoms with E-state index < -0.39 is 4.92 Å². The average molecular weight is 413 g/mol. The molecule has 0 spiro atoms. The van der Waals surface area contributed by atoms with E-state index in [0.29, 0.717) is 5.92 Å². The molecule has 2 aromatic heterocycles. The molecule has 0 radical (unpaired) electrons. The van der Waals surface area contributed by atoms with Crippen molar-refractivity contribution in [2.24, 2.45) is 0 Å². The average Bonchev–Trinajstić information content (AvgIpc) is 3.42. The molecule has 3 rings (SSSR count). The first-order valence-corrected chi connectivity index (χ1v) is 10.5. The lowest BCUT2D eigenvalue weighted by molar-refractivity contribution is -0.385. The first-order chi connectivity index (χ1) is 14.0. The number of aryl methyl sites for hydroxylation is 1. The van der Waals surface area contributed by atoms with Crippen molar-refractivity contribution in [3.8, 4) is 0 Å². The molecule has 0 bridgehead atoms. The van der Waals surface area contributed by atoms with E-state index >= 15 is 0 Å². The minimum atomic E-state index is -0.501. The fourth-order valence-corrected chi connectivity index (χ4v) is 3.85. The van der Waals surface area contributed by atoms with Crippen LogP contribution in [0.5, 0.6) is 0 Å².